The Morgan fingerprint density at radius 2 is 2.04 bits per heavy atom. The van der Waals surface area contributed by atoms with E-state index in [4.69, 9.17) is 30.6 Å². The molecule has 2 aromatic carbocycles. The Hall–Kier alpha value is -4.87. The van der Waals surface area contributed by atoms with Crippen LogP contribution in [0.25, 0.3) is 32.9 Å². The number of nitrogens with one attached hydrogen (secondary N) is 1. The molecule has 9 rings (SSSR count). The van der Waals surface area contributed by atoms with Gasteiger partial charge in [-0.3, -0.25) is 4.90 Å². The van der Waals surface area contributed by atoms with Crippen LogP contribution in [0.3, 0.4) is 0 Å². The molecule has 0 spiro atoms. The predicted octanol–water partition coefficient (Wildman–Crippen LogP) is 4.82. The summed E-state index contributed by atoms with van der Waals surface area (Å²) < 4.78 is 65.5. The van der Waals surface area contributed by atoms with Gasteiger partial charge < -0.3 is 29.3 Å². The number of amides is 1. The summed E-state index contributed by atoms with van der Waals surface area (Å²) in [5.74, 6) is 1.52. The maximum Gasteiger partial charge on any atom is 0.414 e. The molecule has 11 nitrogen and oxygen atoms in total. The predicted molar refractivity (Wildman–Crippen MR) is 183 cm³/mol. The van der Waals surface area contributed by atoms with Crippen molar-refractivity contribution in [2.75, 3.05) is 51.8 Å². The second-order valence-corrected chi connectivity index (χ2v) is 14.5. The first-order chi connectivity index (χ1) is 24.6. The van der Waals surface area contributed by atoms with Gasteiger partial charge in [-0.2, -0.15) is 9.97 Å². The molecule has 1 N–H and O–H groups in total. The van der Waals surface area contributed by atoms with Crippen molar-refractivity contribution in [3.8, 4) is 41.2 Å². The highest BCUT2D eigenvalue weighted by Crippen LogP contribution is 2.46. The summed E-state index contributed by atoms with van der Waals surface area (Å²) in [6.07, 6.45) is 8.21. The number of carbonyl (C=O) groups is 1. The van der Waals surface area contributed by atoms with Gasteiger partial charge in [0.2, 0.25) is 5.88 Å². The van der Waals surface area contributed by atoms with E-state index in [1.807, 2.05) is 0 Å². The molecule has 0 unspecified atom stereocenters. The summed E-state index contributed by atoms with van der Waals surface area (Å²) in [5.41, 5.74) is -0.807. The molecule has 0 saturated carbocycles. The van der Waals surface area contributed by atoms with Gasteiger partial charge in [-0.05, 0) is 55.8 Å². The molecule has 7 heterocycles. The molecule has 4 aromatic rings. The molecule has 51 heavy (non-hydrogen) atoms. The number of nitrogens with zero attached hydrogens (tertiary/aromatic N) is 6. The molecule has 264 valence electrons. The fourth-order valence-corrected chi connectivity index (χ4v) is 8.80. The number of carbonyl (C=O) groups excluding carboxylic acids is 1. The summed E-state index contributed by atoms with van der Waals surface area (Å²) in [6, 6.07) is 5.82. The molecule has 1 amide bonds. The van der Waals surface area contributed by atoms with Crippen molar-refractivity contribution in [1.29, 1.82) is 0 Å². The summed E-state index contributed by atoms with van der Waals surface area (Å²) in [5, 5.41) is 4.58. The molecular weight excluding hydrogens is 663 g/mol. The van der Waals surface area contributed by atoms with E-state index in [2.05, 4.69) is 26.0 Å². The molecule has 14 heteroatoms. The van der Waals surface area contributed by atoms with Crippen LogP contribution < -0.4 is 24.4 Å². The van der Waals surface area contributed by atoms with Crippen molar-refractivity contribution in [3.63, 3.8) is 0 Å². The van der Waals surface area contributed by atoms with Crippen LogP contribution in [0.2, 0.25) is 0 Å². The third-order valence-corrected chi connectivity index (χ3v) is 11.2. The van der Waals surface area contributed by atoms with Crippen molar-refractivity contribution < 1.29 is 32.2 Å². The first-order valence-electron chi connectivity index (χ1n) is 17.3. The quantitative estimate of drug-likeness (QED) is 0.292. The third kappa shape index (κ3) is 5.11. The van der Waals surface area contributed by atoms with Crippen LogP contribution in [-0.2, 0) is 0 Å². The van der Waals surface area contributed by atoms with E-state index in [9.17, 15) is 9.18 Å². The molecule has 2 bridgehead atoms. The Balaban J connectivity index is 1.25. The first-order valence-corrected chi connectivity index (χ1v) is 17.3. The third-order valence-electron chi connectivity index (χ3n) is 11.2. The molecule has 5 aliphatic rings. The lowest BCUT2D eigenvalue weighted by Crippen LogP contribution is -2.60. The van der Waals surface area contributed by atoms with Gasteiger partial charge in [0.25, 0.3) is 0 Å². The van der Waals surface area contributed by atoms with Gasteiger partial charge in [-0.25, -0.2) is 22.9 Å². The Labute approximate surface area is 292 Å². The van der Waals surface area contributed by atoms with Crippen LogP contribution in [0.15, 0.2) is 24.3 Å². The molecule has 0 radical (unpaired) electrons. The largest absolute Gasteiger partial charge is 0.475 e. The van der Waals surface area contributed by atoms with Gasteiger partial charge in [0, 0.05) is 56.6 Å². The lowest BCUT2D eigenvalue weighted by molar-refractivity contribution is 0.107. The molecule has 4 fully saturated rings. The average molecular weight is 700 g/mol. The van der Waals surface area contributed by atoms with Crippen molar-refractivity contribution >= 4 is 33.6 Å². The van der Waals surface area contributed by atoms with Gasteiger partial charge in [-0.15, -0.1) is 6.42 Å². The molecule has 2 aromatic heterocycles. The highest BCUT2D eigenvalue weighted by Gasteiger charge is 2.50. The minimum absolute atomic E-state index is 0.0385. The van der Waals surface area contributed by atoms with Crippen LogP contribution in [-0.4, -0.2) is 108 Å². The fourth-order valence-electron chi connectivity index (χ4n) is 8.80. The van der Waals surface area contributed by atoms with Crippen molar-refractivity contribution in [1.82, 2.24) is 30.1 Å². The average Bonchev–Trinajstić information content (AvgIpc) is 3.75. The lowest BCUT2D eigenvalue weighted by atomic mass is 9.95. The van der Waals surface area contributed by atoms with Gasteiger partial charge in [0.15, 0.2) is 5.82 Å². The van der Waals surface area contributed by atoms with Crippen LogP contribution >= 0.6 is 0 Å². The molecule has 5 atom stereocenters. The number of ether oxygens (including phenoxy) is 3. The van der Waals surface area contributed by atoms with E-state index in [0.29, 0.717) is 36.1 Å². The molecular formula is C37H36F3N7O4. The van der Waals surface area contributed by atoms with Crippen LogP contribution in [0, 0.1) is 24.0 Å². The Kier molecular flexibility index (Phi) is 7.45. The number of terminal acetylenes is 1. The number of rotatable bonds is 5. The zero-order chi connectivity index (χ0) is 35.2. The molecule has 5 aliphatic heterocycles. The number of hydrogen-bond acceptors (Lipinski definition) is 10. The minimum Gasteiger partial charge on any atom is -0.475 e. The van der Waals surface area contributed by atoms with E-state index in [1.54, 1.807) is 0 Å². The zero-order valence-corrected chi connectivity index (χ0v) is 28.2. The van der Waals surface area contributed by atoms with Gasteiger partial charge in [-0.1, -0.05) is 12.0 Å². The van der Waals surface area contributed by atoms with Crippen molar-refractivity contribution in [2.45, 2.75) is 61.9 Å². The first kappa shape index (κ1) is 32.1. The topological polar surface area (TPSA) is 105 Å². The standard InChI is InChI=1S/C37H36F3N7O4/c1-4-23-25(39)8-6-19-12-22(51-36(48)45(2)3)13-24(28(19)23)31-30(40)32-29-33(47-16-21-7-9-26(41-21)27(47)17-49-34(29)42-31)44-35(43-32)50-18-37-10-5-11-46(37)15-20(38)14-37/h1,6,8,12-13,20-21,26-27,41H,5,7,9-11,14-18H2,2-3H3/t20-,21-,26+,27-,37+/m1/s1. The number of halogens is 3. The monoisotopic (exact) mass is 699 g/mol. The van der Waals surface area contributed by atoms with Gasteiger partial charge in [0.05, 0.1) is 17.1 Å². The summed E-state index contributed by atoms with van der Waals surface area (Å²) in [7, 11) is 3.06. The number of fused-ring (bicyclic) bond motifs is 7. The van der Waals surface area contributed by atoms with Crippen molar-refractivity contribution in [3.05, 3.63) is 41.5 Å². The highest BCUT2D eigenvalue weighted by molar-refractivity contribution is 6.04. The van der Waals surface area contributed by atoms with Crippen LogP contribution in [0.5, 0.6) is 17.6 Å². The number of pyridine rings is 1. The number of hydrogen-bond donors (Lipinski definition) is 1. The minimum atomic E-state index is -0.945. The fraction of sp³-hybridized carbons (Fsp3) is 0.459. The summed E-state index contributed by atoms with van der Waals surface area (Å²) in [6.45, 7) is 2.17. The maximum absolute atomic E-state index is 17.4. The second-order valence-electron chi connectivity index (χ2n) is 14.5. The zero-order valence-electron chi connectivity index (χ0n) is 28.2. The molecule has 4 saturated heterocycles. The smallest absolute Gasteiger partial charge is 0.414 e. The van der Waals surface area contributed by atoms with Crippen LogP contribution in [0.4, 0.5) is 23.8 Å². The number of aromatic nitrogens is 3. The van der Waals surface area contributed by atoms with Crippen LogP contribution in [0.1, 0.15) is 37.7 Å². The maximum atomic E-state index is 17.4. The van der Waals surface area contributed by atoms with E-state index < -0.39 is 29.4 Å². The van der Waals surface area contributed by atoms with E-state index >= 15 is 8.78 Å². The second kappa shape index (κ2) is 11.8. The van der Waals surface area contributed by atoms with E-state index in [-0.39, 0.29) is 76.7 Å². The normalized spacial score (nSPS) is 26.4. The Bertz CT molecular complexity index is 2160. The highest BCUT2D eigenvalue weighted by atomic mass is 19.1. The number of anilines is 1. The number of alkyl halides is 1. The lowest BCUT2D eigenvalue weighted by Gasteiger charge is -2.40. The SMILES string of the molecule is C#Cc1c(F)ccc2cc(OC(=O)N(C)C)cc(-c3nc4c5c(nc(OC[C@@]67CCCN6C[C@H](F)C7)nc5c3F)N3C[C@H]5CC[C@H](N5)[C@H]3CO4)c12. The Morgan fingerprint density at radius 1 is 1.18 bits per heavy atom. The van der Waals surface area contributed by atoms with Gasteiger partial charge >= 0.3 is 12.1 Å². The van der Waals surface area contributed by atoms with Gasteiger partial charge in [0.1, 0.15) is 53.4 Å². The number of benzene rings is 2. The van der Waals surface area contributed by atoms with E-state index in [1.165, 1.54) is 43.3 Å². The molecule has 0 aliphatic carbocycles. The Morgan fingerprint density at radius 3 is 2.86 bits per heavy atom. The number of piperazine rings is 1. The summed E-state index contributed by atoms with van der Waals surface area (Å²) >= 11 is 0. The van der Waals surface area contributed by atoms with Crippen molar-refractivity contribution in [2.24, 2.45) is 0 Å². The summed E-state index contributed by atoms with van der Waals surface area (Å²) in [4.78, 5) is 32.4. The van der Waals surface area contributed by atoms with E-state index in [0.717, 1.165) is 32.2 Å².